The molecule has 0 rings (SSSR count). The summed E-state index contributed by atoms with van der Waals surface area (Å²) in [6.07, 6.45) is -6.42. The van der Waals surface area contributed by atoms with E-state index in [2.05, 4.69) is 0 Å². The van der Waals surface area contributed by atoms with Crippen molar-refractivity contribution in [1.29, 1.82) is 0 Å². The van der Waals surface area contributed by atoms with E-state index in [-0.39, 0.29) is 13.0 Å². The van der Waals surface area contributed by atoms with E-state index in [1.54, 1.807) is 0 Å². The lowest BCUT2D eigenvalue weighted by atomic mass is 10.3. The van der Waals surface area contributed by atoms with Gasteiger partial charge in [-0.1, -0.05) is 6.92 Å². The van der Waals surface area contributed by atoms with Gasteiger partial charge >= 0.3 is 6.18 Å². The summed E-state index contributed by atoms with van der Waals surface area (Å²) in [6, 6.07) is 0. The molecule has 16 heavy (non-hydrogen) atoms. The van der Waals surface area contributed by atoms with Crippen LogP contribution in [-0.2, 0) is 9.53 Å². The maximum absolute atomic E-state index is 11.8. The Morgan fingerprint density at radius 2 is 2.06 bits per heavy atom. The lowest BCUT2D eigenvalue weighted by Gasteiger charge is -2.14. The number of hydrogen-bond donors (Lipinski definition) is 2. The first-order chi connectivity index (χ1) is 7.38. The van der Waals surface area contributed by atoms with Crippen LogP contribution in [0.1, 0.15) is 19.8 Å². The van der Waals surface area contributed by atoms with E-state index in [4.69, 9.17) is 9.84 Å². The molecule has 0 aliphatic heterocycles. The van der Waals surface area contributed by atoms with Gasteiger partial charge in [-0.05, 0) is 6.42 Å². The lowest BCUT2D eigenvalue weighted by molar-refractivity contribution is -0.201. The minimum atomic E-state index is -4.70. The second kappa shape index (κ2) is 7.45. The van der Waals surface area contributed by atoms with Crippen molar-refractivity contribution in [3.63, 3.8) is 0 Å². The Kier molecular flexibility index (Phi) is 7.07. The van der Waals surface area contributed by atoms with E-state index < -0.39 is 24.7 Å². The van der Waals surface area contributed by atoms with Gasteiger partial charge in [-0.3, -0.25) is 4.79 Å². The number of carbonyl (C=O) groups excluding carboxylic acids is 1. The summed E-state index contributed by atoms with van der Waals surface area (Å²) >= 11 is 0. The molecule has 0 saturated carbocycles. The normalized spacial score (nSPS) is 13.6. The van der Waals surface area contributed by atoms with Gasteiger partial charge in [-0.15, -0.1) is 0 Å². The third kappa shape index (κ3) is 7.47. The summed E-state index contributed by atoms with van der Waals surface area (Å²) in [4.78, 5) is 11.0. The van der Waals surface area contributed by atoms with Gasteiger partial charge in [0.15, 0.2) is 6.10 Å². The topological polar surface area (TPSA) is 58.6 Å². The molecule has 0 spiro atoms. The van der Waals surface area contributed by atoms with Crippen molar-refractivity contribution in [1.82, 2.24) is 5.32 Å². The van der Waals surface area contributed by atoms with Crippen LogP contribution in [0.25, 0.3) is 0 Å². The van der Waals surface area contributed by atoms with Gasteiger partial charge in [0.25, 0.3) is 0 Å². The highest BCUT2D eigenvalue weighted by atomic mass is 19.4. The molecule has 1 atom stereocenters. The van der Waals surface area contributed by atoms with Crippen LogP contribution < -0.4 is 5.32 Å². The molecule has 96 valence electrons. The number of ether oxygens (including phenoxy) is 1. The third-order valence-electron chi connectivity index (χ3n) is 1.69. The molecule has 1 amide bonds. The zero-order valence-corrected chi connectivity index (χ0v) is 9.01. The largest absolute Gasteiger partial charge is 0.416 e. The van der Waals surface area contributed by atoms with Crippen molar-refractivity contribution in [2.45, 2.75) is 32.0 Å². The van der Waals surface area contributed by atoms with Crippen LogP contribution >= 0.6 is 0 Å². The fraction of sp³-hybridized carbons (Fsp3) is 0.889. The molecule has 1 unspecified atom stereocenters. The number of rotatable bonds is 7. The SMILES string of the molecule is CCCOCCC(=O)NCC(O)C(F)(F)F. The Hall–Kier alpha value is -0.820. The number of alkyl halides is 3. The summed E-state index contributed by atoms with van der Waals surface area (Å²) in [6.45, 7) is 1.76. The van der Waals surface area contributed by atoms with E-state index in [0.29, 0.717) is 6.61 Å². The molecular formula is C9H16F3NO3. The first-order valence-corrected chi connectivity index (χ1v) is 4.97. The zero-order valence-electron chi connectivity index (χ0n) is 9.01. The number of aliphatic hydroxyl groups excluding tert-OH is 1. The molecule has 0 saturated heterocycles. The van der Waals surface area contributed by atoms with Crippen molar-refractivity contribution >= 4 is 5.91 Å². The van der Waals surface area contributed by atoms with Crippen molar-refractivity contribution in [3.8, 4) is 0 Å². The number of carbonyl (C=O) groups is 1. The van der Waals surface area contributed by atoms with Crippen LogP contribution in [-0.4, -0.2) is 43.1 Å². The second-order valence-corrected chi connectivity index (χ2v) is 3.22. The van der Waals surface area contributed by atoms with E-state index >= 15 is 0 Å². The highest BCUT2D eigenvalue weighted by molar-refractivity contribution is 5.75. The van der Waals surface area contributed by atoms with E-state index in [1.165, 1.54) is 0 Å². The van der Waals surface area contributed by atoms with Crippen LogP contribution in [0.2, 0.25) is 0 Å². The predicted octanol–water partition coefficient (Wildman–Crippen LogP) is 0.843. The van der Waals surface area contributed by atoms with Crippen LogP contribution in [0, 0.1) is 0 Å². The van der Waals surface area contributed by atoms with Crippen molar-refractivity contribution in [2.24, 2.45) is 0 Å². The van der Waals surface area contributed by atoms with Crippen LogP contribution in [0.4, 0.5) is 13.2 Å². The number of halogens is 3. The fourth-order valence-corrected chi connectivity index (χ4v) is 0.826. The molecule has 4 nitrogen and oxygen atoms in total. The third-order valence-corrected chi connectivity index (χ3v) is 1.69. The van der Waals surface area contributed by atoms with Crippen LogP contribution in [0.3, 0.4) is 0 Å². The highest BCUT2D eigenvalue weighted by Gasteiger charge is 2.38. The minimum Gasteiger partial charge on any atom is -0.382 e. The van der Waals surface area contributed by atoms with Gasteiger partial charge in [0.1, 0.15) is 0 Å². The minimum absolute atomic E-state index is 0.00935. The molecule has 0 bridgehead atoms. The van der Waals surface area contributed by atoms with Gasteiger partial charge in [0.05, 0.1) is 13.2 Å². The van der Waals surface area contributed by atoms with E-state index in [9.17, 15) is 18.0 Å². The number of hydrogen-bond acceptors (Lipinski definition) is 3. The monoisotopic (exact) mass is 243 g/mol. The Morgan fingerprint density at radius 3 is 2.56 bits per heavy atom. The molecule has 2 N–H and O–H groups in total. The quantitative estimate of drug-likeness (QED) is 0.651. The van der Waals surface area contributed by atoms with Crippen molar-refractivity contribution in [2.75, 3.05) is 19.8 Å². The molecule has 0 aromatic rings. The number of amides is 1. The molecule has 0 radical (unpaired) electrons. The average Bonchev–Trinajstić information content (AvgIpc) is 2.19. The van der Waals surface area contributed by atoms with Gasteiger partial charge in [-0.25, -0.2) is 0 Å². The summed E-state index contributed by atoms with van der Waals surface area (Å²) < 4.78 is 40.5. The molecule has 7 heteroatoms. The first-order valence-electron chi connectivity index (χ1n) is 4.97. The Bertz CT molecular complexity index is 209. The van der Waals surface area contributed by atoms with Gasteiger partial charge in [0, 0.05) is 13.0 Å². The Labute approximate surface area is 91.8 Å². The predicted molar refractivity (Wildman–Crippen MR) is 50.8 cm³/mol. The van der Waals surface area contributed by atoms with Gasteiger partial charge in [-0.2, -0.15) is 13.2 Å². The zero-order chi connectivity index (χ0) is 12.6. The summed E-state index contributed by atoms with van der Waals surface area (Å²) in [5, 5.41) is 10.6. The summed E-state index contributed by atoms with van der Waals surface area (Å²) in [5.41, 5.74) is 0. The lowest BCUT2D eigenvalue weighted by Crippen LogP contribution is -2.40. The number of aliphatic hydroxyl groups is 1. The smallest absolute Gasteiger partial charge is 0.382 e. The average molecular weight is 243 g/mol. The van der Waals surface area contributed by atoms with Crippen molar-refractivity contribution < 1.29 is 27.8 Å². The molecule has 0 aliphatic carbocycles. The number of nitrogens with one attached hydrogen (secondary N) is 1. The summed E-state index contributed by atoms with van der Waals surface area (Å²) in [5.74, 6) is -0.570. The fourth-order valence-electron chi connectivity index (χ4n) is 0.826. The molecule has 0 fully saturated rings. The maximum atomic E-state index is 11.8. The molecule has 0 aliphatic rings. The van der Waals surface area contributed by atoms with Crippen LogP contribution in [0.15, 0.2) is 0 Å². The second-order valence-electron chi connectivity index (χ2n) is 3.22. The van der Waals surface area contributed by atoms with E-state index in [0.717, 1.165) is 6.42 Å². The standard InChI is InChI=1S/C9H16F3NO3/c1-2-4-16-5-3-8(15)13-6-7(14)9(10,11)12/h7,14H,2-6H2,1H3,(H,13,15). The highest BCUT2D eigenvalue weighted by Crippen LogP contribution is 2.19. The molecule has 0 aromatic heterocycles. The van der Waals surface area contributed by atoms with Crippen LogP contribution in [0.5, 0.6) is 0 Å². The molecular weight excluding hydrogens is 227 g/mol. The molecule has 0 aromatic carbocycles. The van der Waals surface area contributed by atoms with Gasteiger partial charge in [0.2, 0.25) is 5.91 Å². The molecule has 0 heterocycles. The Morgan fingerprint density at radius 1 is 1.44 bits per heavy atom. The van der Waals surface area contributed by atoms with E-state index in [1.807, 2.05) is 12.2 Å². The first kappa shape index (κ1) is 15.2. The van der Waals surface area contributed by atoms with Gasteiger partial charge < -0.3 is 15.2 Å². The maximum Gasteiger partial charge on any atom is 0.416 e. The van der Waals surface area contributed by atoms with Crippen molar-refractivity contribution in [3.05, 3.63) is 0 Å². The Balaban J connectivity index is 3.58. The summed E-state index contributed by atoms with van der Waals surface area (Å²) in [7, 11) is 0.